The van der Waals surface area contributed by atoms with E-state index in [1.165, 1.54) is 0 Å². The lowest BCUT2D eigenvalue weighted by Crippen LogP contribution is -2.18. The Bertz CT molecular complexity index is 954. The Morgan fingerprint density at radius 3 is 1.78 bits per heavy atom. The molecule has 2 rings (SSSR count). The number of benzene rings is 2. The highest BCUT2D eigenvalue weighted by atomic mass is 16.7. The Kier molecular flexibility index (Phi) is 13.2. The topological polar surface area (TPSA) is 71.1 Å². The van der Waals surface area contributed by atoms with Crippen molar-refractivity contribution in [3.8, 4) is 11.5 Å². The summed E-state index contributed by atoms with van der Waals surface area (Å²) in [6.45, 7) is 11.2. The van der Waals surface area contributed by atoms with Gasteiger partial charge in [0, 0.05) is 10.8 Å². The first-order valence-corrected chi connectivity index (χ1v) is 13.7. The summed E-state index contributed by atoms with van der Waals surface area (Å²) in [6.07, 6.45) is 7.59. The maximum Gasteiger partial charge on any atom is 0.513 e. The number of hydrogen-bond acceptors (Lipinski definition) is 6. The fraction of sp³-hybridized carbons (Fsp3) is 0.600. The minimum Gasteiger partial charge on any atom is -0.434 e. The van der Waals surface area contributed by atoms with E-state index in [1.807, 2.05) is 31.2 Å². The summed E-state index contributed by atoms with van der Waals surface area (Å²) in [4.78, 5) is 25.1. The van der Waals surface area contributed by atoms with Crippen molar-refractivity contribution in [2.75, 3.05) is 13.2 Å². The quantitative estimate of drug-likeness (QED) is 0.180. The number of rotatable bonds is 15. The molecule has 0 spiro atoms. The van der Waals surface area contributed by atoms with Crippen molar-refractivity contribution < 1.29 is 28.5 Å². The third-order valence-corrected chi connectivity index (χ3v) is 6.75. The van der Waals surface area contributed by atoms with E-state index < -0.39 is 12.3 Å². The zero-order valence-corrected chi connectivity index (χ0v) is 22.8. The SMILES string of the molecule is CCCCC(CC)COC(=O)Oc1cc(CC)c(OC(=O)OCC(CC)CCCC)c2ccccc12. The lowest BCUT2D eigenvalue weighted by atomic mass is 10.0. The van der Waals surface area contributed by atoms with Crippen LogP contribution in [-0.4, -0.2) is 25.5 Å². The molecule has 0 fully saturated rings. The van der Waals surface area contributed by atoms with Gasteiger partial charge in [0.1, 0.15) is 11.5 Å². The Balaban J connectivity index is 2.15. The van der Waals surface area contributed by atoms with Crippen molar-refractivity contribution in [3.63, 3.8) is 0 Å². The molecule has 200 valence electrons. The Morgan fingerprint density at radius 1 is 0.750 bits per heavy atom. The summed E-state index contributed by atoms with van der Waals surface area (Å²) in [7, 11) is 0. The maximum atomic E-state index is 12.6. The van der Waals surface area contributed by atoms with Crippen LogP contribution in [0, 0.1) is 11.8 Å². The molecule has 2 atom stereocenters. The molecule has 0 saturated heterocycles. The van der Waals surface area contributed by atoms with Gasteiger partial charge in [-0.05, 0) is 42.7 Å². The van der Waals surface area contributed by atoms with Gasteiger partial charge < -0.3 is 18.9 Å². The molecule has 0 aromatic heterocycles. The third-order valence-electron chi connectivity index (χ3n) is 6.75. The number of carbonyl (C=O) groups excluding carboxylic acids is 2. The van der Waals surface area contributed by atoms with Gasteiger partial charge in [-0.1, -0.05) is 97.4 Å². The molecule has 0 N–H and O–H groups in total. The van der Waals surface area contributed by atoms with Gasteiger partial charge >= 0.3 is 12.3 Å². The van der Waals surface area contributed by atoms with Crippen molar-refractivity contribution >= 4 is 23.1 Å². The summed E-state index contributed by atoms with van der Waals surface area (Å²) in [6, 6.07) is 9.15. The smallest absolute Gasteiger partial charge is 0.434 e. The predicted molar refractivity (Wildman–Crippen MR) is 144 cm³/mol. The van der Waals surface area contributed by atoms with Gasteiger partial charge in [0.15, 0.2) is 0 Å². The van der Waals surface area contributed by atoms with Gasteiger partial charge in [-0.2, -0.15) is 0 Å². The molecule has 0 aliphatic rings. The first kappa shape index (κ1) is 29.5. The van der Waals surface area contributed by atoms with Gasteiger partial charge in [-0.3, -0.25) is 0 Å². The van der Waals surface area contributed by atoms with Gasteiger partial charge in [0.2, 0.25) is 0 Å². The molecule has 0 aliphatic carbocycles. The maximum absolute atomic E-state index is 12.6. The number of ether oxygens (including phenoxy) is 4. The Hall–Kier alpha value is -2.76. The standard InChI is InChI=1S/C30H44O6/c1-6-11-15-22(8-3)20-33-29(31)35-27-19-24(10-5)28(26-18-14-13-17-25(26)27)36-30(32)34-21-23(9-4)16-12-7-2/h13-14,17-19,22-23H,6-12,15-16,20-21H2,1-5H3. The highest BCUT2D eigenvalue weighted by molar-refractivity contribution is 5.96. The average Bonchev–Trinajstić information content (AvgIpc) is 2.90. The Labute approximate surface area is 216 Å². The molecule has 2 aromatic rings. The molecule has 0 amide bonds. The van der Waals surface area contributed by atoms with Crippen LogP contribution < -0.4 is 9.47 Å². The van der Waals surface area contributed by atoms with Crippen molar-refractivity contribution in [1.29, 1.82) is 0 Å². The van der Waals surface area contributed by atoms with Crippen LogP contribution in [0.25, 0.3) is 10.8 Å². The zero-order chi connectivity index (χ0) is 26.3. The first-order valence-electron chi connectivity index (χ1n) is 13.7. The number of unbranched alkanes of at least 4 members (excludes halogenated alkanes) is 2. The molecule has 6 heteroatoms. The van der Waals surface area contributed by atoms with Crippen LogP contribution in [-0.2, 0) is 15.9 Å². The molecule has 2 unspecified atom stereocenters. The van der Waals surface area contributed by atoms with E-state index in [0.717, 1.165) is 56.9 Å². The number of fused-ring (bicyclic) bond motifs is 1. The van der Waals surface area contributed by atoms with Gasteiger partial charge in [0.05, 0.1) is 13.2 Å². The summed E-state index contributed by atoms with van der Waals surface area (Å²) < 4.78 is 22.2. The minimum atomic E-state index is -0.720. The molecule has 2 aromatic carbocycles. The summed E-state index contributed by atoms with van der Waals surface area (Å²) in [5.41, 5.74) is 0.751. The molecule has 0 heterocycles. The summed E-state index contributed by atoms with van der Waals surface area (Å²) in [5, 5.41) is 1.35. The second-order valence-corrected chi connectivity index (χ2v) is 9.42. The number of aryl methyl sites for hydroxylation is 1. The molecule has 0 bridgehead atoms. The van der Waals surface area contributed by atoms with E-state index in [-0.39, 0.29) is 0 Å². The number of hydrogen-bond donors (Lipinski definition) is 0. The zero-order valence-electron chi connectivity index (χ0n) is 22.8. The largest absolute Gasteiger partial charge is 0.513 e. The molecule has 0 radical (unpaired) electrons. The van der Waals surface area contributed by atoms with Crippen molar-refractivity contribution in [2.24, 2.45) is 11.8 Å². The summed E-state index contributed by atoms with van der Waals surface area (Å²) >= 11 is 0. The van der Waals surface area contributed by atoms with Crippen LogP contribution in [0.4, 0.5) is 9.59 Å². The van der Waals surface area contributed by atoms with Crippen molar-refractivity contribution in [3.05, 3.63) is 35.9 Å². The second-order valence-electron chi connectivity index (χ2n) is 9.42. The van der Waals surface area contributed by atoms with E-state index in [0.29, 0.717) is 53.7 Å². The highest BCUT2D eigenvalue weighted by Gasteiger charge is 2.20. The van der Waals surface area contributed by atoms with E-state index in [9.17, 15) is 9.59 Å². The van der Waals surface area contributed by atoms with Gasteiger partial charge in [0.25, 0.3) is 0 Å². The molecule has 36 heavy (non-hydrogen) atoms. The minimum absolute atomic E-state index is 0.330. The predicted octanol–water partition coefficient (Wildman–Crippen LogP) is 8.87. The lowest BCUT2D eigenvalue weighted by Gasteiger charge is -2.18. The fourth-order valence-corrected chi connectivity index (χ4v) is 4.24. The molecular weight excluding hydrogens is 456 g/mol. The number of carbonyl (C=O) groups is 2. The van der Waals surface area contributed by atoms with Crippen LogP contribution in [0.1, 0.15) is 91.5 Å². The third kappa shape index (κ3) is 9.03. The molecule has 6 nitrogen and oxygen atoms in total. The van der Waals surface area contributed by atoms with Crippen molar-refractivity contribution in [1.82, 2.24) is 0 Å². The van der Waals surface area contributed by atoms with Crippen LogP contribution in [0.2, 0.25) is 0 Å². The monoisotopic (exact) mass is 500 g/mol. The lowest BCUT2D eigenvalue weighted by molar-refractivity contribution is 0.0797. The van der Waals surface area contributed by atoms with Crippen LogP contribution in [0.5, 0.6) is 11.5 Å². The van der Waals surface area contributed by atoms with Gasteiger partial charge in [-0.25, -0.2) is 9.59 Å². The highest BCUT2D eigenvalue weighted by Crippen LogP contribution is 2.37. The Morgan fingerprint density at radius 2 is 1.28 bits per heavy atom. The van der Waals surface area contributed by atoms with Crippen molar-refractivity contribution in [2.45, 2.75) is 92.4 Å². The van der Waals surface area contributed by atoms with Gasteiger partial charge in [-0.15, -0.1) is 0 Å². The summed E-state index contributed by atoms with van der Waals surface area (Å²) in [5.74, 6) is 1.49. The van der Waals surface area contributed by atoms with Crippen LogP contribution >= 0.6 is 0 Å². The average molecular weight is 501 g/mol. The van der Waals surface area contributed by atoms with Crippen LogP contribution in [0.3, 0.4) is 0 Å². The van der Waals surface area contributed by atoms with Crippen LogP contribution in [0.15, 0.2) is 30.3 Å². The second kappa shape index (κ2) is 16.1. The fourth-order valence-electron chi connectivity index (χ4n) is 4.24. The molecule has 0 aliphatic heterocycles. The molecular formula is C30H44O6. The van der Waals surface area contributed by atoms with E-state index in [2.05, 4.69) is 27.7 Å². The first-order chi connectivity index (χ1) is 17.5. The van der Waals surface area contributed by atoms with E-state index in [4.69, 9.17) is 18.9 Å². The van der Waals surface area contributed by atoms with E-state index in [1.54, 1.807) is 6.07 Å². The molecule has 0 saturated carbocycles. The normalized spacial score (nSPS) is 12.7. The van der Waals surface area contributed by atoms with E-state index >= 15 is 0 Å².